The molecule has 1 aliphatic rings. The summed E-state index contributed by atoms with van der Waals surface area (Å²) in [6.07, 6.45) is 4.60. The number of nitrogens with zero attached hydrogens (tertiary/aromatic N) is 2. The fourth-order valence-corrected chi connectivity index (χ4v) is 3.07. The molecule has 0 spiro atoms. The Kier molecular flexibility index (Phi) is 6.61. The standard InChI is InChI=1S/C15H32N2O/c1-5-14-11-16(4)9-8-10-17(14)12-15(6-2,7-3)13-18/h14,18H,5-13H2,1-4H3. The molecule has 0 aliphatic carbocycles. The van der Waals surface area contributed by atoms with Gasteiger partial charge in [-0.3, -0.25) is 4.90 Å². The second kappa shape index (κ2) is 7.46. The zero-order valence-corrected chi connectivity index (χ0v) is 12.8. The largest absolute Gasteiger partial charge is 0.396 e. The van der Waals surface area contributed by atoms with Crippen LogP contribution in [-0.2, 0) is 0 Å². The summed E-state index contributed by atoms with van der Waals surface area (Å²) in [6, 6.07) is 0.654. The Morgan fingerprint density at radius 2 is 1.83 bits per heavy atom. The van der Waals surface area contributed by atoms with Crippen LogP contribution in [0, 0.1) is 5.41 Å². The number of hydrogen-bond donors (Lipinski definition) is 1. The first-order valence-corrected chi connectivity index (χ1v) is 7.64. The monoisotopic (exact) mass is 256 g/mol. The van der Waals surface area contributed by atoms with Crippen LogP contribution >= 0.6 is 0 Å². The molecule has 1 fully saturated rings. The molecule has 108 valence electrons. The zero-order chi connectivity index (χ0) is 13.6. The molecular formula is C15H32N2O. The molecule has 0 saturated carbocycles. The number of likely N-dealkylation sites (N-methyl/N-ethyl adjacent to an activating group) is 1. The number of hydrogen-bond acceptors (Lipinski definition) is 3. The highest BCUT2D eigenvalue weighted by molar-refractivity contribution is 4.85. The summed E-state index contributed by atoms with van der Waals surface area (Å²) in [5, 5.41) is 9.75. The lowest BCUT2D eigenvalue weighted by Gasteiger charge is -2.39. The van der Waals surface area contributed by atoms with Crippen LogP contribution in [0.5, 0.6) is 0 Å². The van der Waals surface area contributed by atoms with Crippen molar-refractivity contribution in [3.05, 3.63) is 0 Å². The smallest absolute Gasteiger partial charge is 0.0499 e. The lowest BCUT2D eigenvalue weighted by atomic mass is 9.82. The zero-order valence-electron chi connectivity index (χ0n) is 12.8. The van der Waals surface area contributed by atoms with Crippen LogP contribution in [0.25, 0.3) is 0 Å². The van der Waals surface area contributed by atoms with Crippen LogP contribution in [0.1, 0.15) is 46.5 Å². The third kappa shape index (κ3) is 3.94. The van der Waals surface area contributed by atoms with Crippen LogP contribution in [0.2, 0.25) is 0 Å². The summed E-state index contributed by atoms with van der Waals surface area (Å²) < 4.78 is 0. The van der Waals surface area contributed by atoms with Gasteiger partial charge in [-0.05, 0) is 45.8 Å². The minimum atomic E-state index is 0.107. The van der Waals surface area contributed by atoms with E-state index >= 15 is 0 Å². The Morgan fingerprint density at radius 1 is 1.17 bits per heavy atom. The summed E-state index contributed by atoms with van der Waals surface area (Å²) >= 11 is 0. The van der Waals surface area contributed by atoms with E-state index in [0.717, 1.165) is 19.4 Å². The molecular weight excluding hydrogens is 224 g/mol. The Bertz CT molecular complexity index is 220. The third-order valence-electron chi connectivity index (χ3n) is 4.87. The molecule has 1 heterocycles. The van der Waals surface area contributed by atoms with Crippen molar-refractivity contribution in [3.8, 4) is 0 Å². The van der Waals surface area contributed by atoms with Crippen molar-refractivity contribution >= 4 is 0 Å². The molecule has 0 aromatic carbocycles. The maximum absolute atomic E-state index is 9.75. The van der Waals surface area contributed by atoms with E-state index in [1.165, 1.54) is 32.5 Å². The van der Waals surface area contributed by atoms with Crippen molar-refractivity contribution in [1.29, 1.82) is 0 Å². The third-order valence-corrected chi connectivity index (χ3v) is 4.87. The summed E-state index contributed by atoms with van der Waals surface area (Å²) in [4.78, 5) is 5.08. The van der Waals surface area contributed by atoms with E-state index in [2.05, 4.69) is 37.6 Å². The number of rotatable bonds is 6. The maximum Gasteiger partial charge on any atom is 0.0499 e. The van der Waals surface area contributed by atoms with Gasteiger partial charge in [-0.15, -0.1) is 0 Å². The normalized spacial score (nSPS) is 24.2. The van der Waals surface area contributed by atoms with Crippen molar-refractivity contribution in [2.75, 3.05) is 39.8 Å². The van der Waals surface area contributed by atoms with E-state index in [-0.39, 0.29) is 5.41 Å². The molecule has 0 aromatic rings. The van der Waals surface area contributed by atoms with Gasteiger partial charge in [0.1, 0.15) is 0 Å². The molecule has 1 atom stereocenters. The van der Waals surface area contributed by atoms with Crippen molar-refractivity contribution in [3.63, 3.8) is 0 Å². The average molecular weight is 256 g/mol. The van der Waals surface area contributed by atoms with Crippen LogP contribution in [0.4, 0.5) is 0 Å². The van der Waals surface area contributed by atoms with Gasteiger partial charge >= 0.3 is 0 Å². The lowest BCUT2D eigenvalue weighted by molar-refractivity contribution is 0.0465. The molecule has 3 heteroatoms. The fourth-order valence-electron chi connectivity index (χ4n) is 3.07. The minimum absolute atomic E-state index is 0.107. The molecule has 1 rings (SSSR count). The summed E-state index contributed by atoms with van der Waals surface area (Å²) in [6.45, 7) is 11.7. The van der Waals surface area contributed by atoms with E-state index in [4.69, 9.17) is 0 Å². The Hall–Kier alpha value is -0.120. The van der Waals surface area contributed by atoms with E-state index in [0.29, 0.717) is 12.6 Å². The van der Waals surface area contributed by atoms with Gasteiger partial charge in [0.25, 0.3) is 0 Å². The summed E-state index contributed by atoms with van der Waals surface area (Å²) in [5.74, 6) is 0. The highest BCUT2D eigenvalue weighted by atomic mass is 16.3. The van der Waals surface area contributed by atoms with Crippen molar-refractivity contribution in [1.82, 2.24) is 9.80 Å². The predicted octanol–water partition coefficient (Wildman–Crippen LogP) is 2.20. The van der Waals surface area contributed by atoms with Crippen LogP contribution < -0.4 is 0 Å². The van der Waals surface area contributed by atoms with Crippen molar-refractivity contribution < 1.29 is 5.11 Å². The number of aliphatic hydroxyl groups excluding tert-OH is 1. The van der Waals surface area contributed by atoms with Gasteiger partial charge in [0.05, 0.1) is 0 Å². The molecule has 3 nitrogen and oxygen atoms in total. The molecule has 1 unspecified atom stereocenters. The molecule has 1 N–H and O–H groups in total. The molecule has 0 bridgehead atoms. The number of aliphatic hydroxyl groups is 1. The van der Waals surface area contributed by atoms with Gasteiger partial charge in [-0.1, -0.05) is 20.8 Å². The molecule has 1 saturated heterocycles. The average Bonchev–Trinajstić information content (AvgIpc) is 2.57. The molecule has 18 heavy (non-hydrogen) atoms. The Balaban J connectivity index is 2.72. The van der Waals surface area contributed by atoms with E-state index < -0.39 is 0 Å². The maximum atomic E-state index is 9.75. The van der Waals surface area contributed by atoms with Gasteiger partial charge < -0.3 is 10.0 Å². The first-order chi connectivity index (χ1) is 8.60. The topological polar surface area (TPSA) is 26.7 Å². The second-order valence-corrected chi connectivity index (χ2v) is 6.01. The Morgan fingerprint density at radius 3 is 2.33 bits per heavy atom. The quantitative estimate of drug-likeness (QED) is 0.789. The fraction of sp³-hybridized carbons (Fsp3) is 1.00. The van der Waals surface area contributed by atoms with Crippen molar-refractivity contribution in [2.45, 2.75) is 52.5 Å². The summed E-state index contributed by atoms with van der Waals surface area (Å²) in [7, 11) is 2.23. The van der Waals surface area contributed by atoms with Crippen LogP contribution in [0.15, 0.2) is 0 Å². The highest BCUT2D eigenvalue weighted by Crippen LogP contribution is 2.29. The van der Waals surface area contributed by atoms with Crippen LogP contribution in [0.3, 0.4) is 0 Å². The van der Waals surface area contributed by atoms with Gasteiger partial charge in [0, 0.05) is 31.2 Å². The SMILES string of the molecule is CCC1CN(C)CCCN1CC(CC)(CC)CO. The van der Waals surface area contributed by atoms with Gasteiger partial charge in [-0.25, -0.2) is 0 Å². The Labute approximate surface area is 113 Å². The summed E-state index contributed by atoms with van der Waals surface area (Å²) in [5.41, 5.74) is 0.107. The molecule has 1 aliphatic heterocycles. The first-order valence-electron chi connectivity index (χ1n) is 7.64. The van der Waals surface area contributed by atoms with Gasteiger partial charge in [-0.2, -0.15) is 0 Å². The van der Waals surface area contributed by atoms with Gasteiger partial charge in [0.2, 0.25) is 0 Å². The van der Waals surface area contributed by atoms with E-state index in [9.17, 15) is 5.11 Å². The van der Waals surface area contributed by atoms with Crippen LogP contribution in [-0.4, -0.2) is 60.8 Å². The lowest BCUT2D eigenvalue weighted by Crippen LogP contribution is -2.46. The van der Waals surface area contributed by atoms with E-state index in [1.54, 1.807) is 0 Å². The molecule has 0 aromatic heterocycles. The minimum Gasteiger partial charge on any atom is -0.396 e. The molecule has 0 amide bonds. The van der Waals surface area contributed by atoms with E-state index in [1.807, 2.05) is 0 Å². The molecule has 0 radical (unpaired) electrons. The first kappa shape index (κ1) is 15.9. The second-order valence-electron chi connectivity index (χ2n) is 6.01. The van der Waals surface area contributed by atoms with Gasteiger partial charge in [0.15, 0.2) is 0 Å². The predicted molar refractivity (Wildman–Crippen MR) is 77.9 cm³/mol. The highest BCUT2D eigenvalue weighted by Gasteiger charge is 2.31. The van der Waals surface area contributed by atoms with Crippen molar-refractivity contribution in [2.24, 2.45) is 5.41 Å².